The normalized spacial score (nSPS) is 48.8. The number of morpholine rings is 1. The number of ether oxygens (including phenoxy) is 3. The molecule has 0 radical (unpaired) electrons. The molecule has 0 aromatic heterocycles. The van der Waals surface area contributed by atoms with Gasteiger partial charge in [0.05, 0.1) is 31.5 Å². The first-order chi connectivity index (χ1) is 22.3. The maximum absolute atomic E-state index is 12.9. The SMILES string of the molecule is CC(C(=O)O)N(C)CC1C[C@@H](C)C2C(CC3C4CCC5C(C)(C)C(OC6CN(C(=O)CC7CC7)CCO6)CCC56CC46CCC32C)O1. The van der Waals surface area contributed by atoms with E-state index in [9.17, 15) is 14.7 Å². The third kappa shape index (κ3) is 5.10. The first-order valence-corrected chi connectivity index (χ1v) is 19.4. The van der Waals surface area contributed by atoms with Gasteiger partial charge in [-0.25, -0.2) is 0 Å². The molecule has 2 heterocycles. The maximum atomic E-state index is 12.9. The number of likely N-dealkylation sites (N-methyl/N-ethyl adjacent to an activating group) is 1. The van der Waals surface area contributed by atoms with E-state index in [0.29, 0.717) is 78.7 Å². The summed E-state index contributed by atoms with van der Waals surface area (Å²) in [7, 11) is 1.93. The van der Waals surface area contributed by atoms with Gasteiger partial charge in [0.1, 0.15) is 6.04 Å². The van der Waals surface area contributed by atoms with Crippen molar-refractivity contribution in [1.82, 2.24) is 9.80 Å². The van der Waals surface area contributed by atoms with Crippen LogP contribution in [0.4, 0.5) is 0 Å². The van der Waals surface area contributed by atoms with Crippen LogP contribution < -0.4 is 0 Å². The predicted octanol–water partition coefficient (Wildman–Crippen LogP) is 6.21. The summed E-state index contributed by atoms with van der Waals surface area (Å²) >= 11 is 0. The van der Waals surface area contributed by atoms with Crippen LogP contribution in [0.25, 0.3) is 0 Å². The summed E-state index contributed by atoms with van der Waals surface area (Å²) in [6.07, 6.45) is 14.8. The molecule has 8 fully saturated rings. The molecule has 6 aliphatic carbocycles. The molecule has 6 saturated carbocycles. The predicted molar refractivity (Wildman–Crippen MR) is 178 cm³/mol. The molecule has 47 heavy (non-hydrogen) atoms. The number of hydrogen-bond donors (Lipinski definition) is 1. The quantitative estimate of drug-likeness (QED) is 0.333. The molecule has 2 spiro atoms. The van der Waals surface area contributed by atoms with Crippen molar-refractivity contribution in [2.75, 3.05) is 33.3 Å². The smallest absolute Gasteiger partial charge is 0.320 e. The van der Waals surface area contributed by atoms with Gasteiger partial charge in [0, 0.05) is 19.5 Å². The molecule has 8 aliphatic rings. The second-order valence-corrected chi connectivity index (χ2v) is 18.8. The Morgan fingerprint density at radius 3 is 2.55 bits per heavy atom. The van der Waals surface area contributed by atoms with Crippen molar-refractivity contribution in [1.29, 1.82) is 0 Å². The largest absolute Gasteiger partial charge is 0.480 e. The fourth-order valence-corrected chi connectivity index (χ4v) is 13.7. The number of fused-ring (bicyclic) bond motifs is 4. The standard InChI is InChI=1S/C39H62N2O6/c1-23-17-26(20-40(6)24(2)35(43)44)46-29-19-28-27-9-10-30-36(3,4)31(47-33-21-41(15-16-45-33)32(42)18-25-7-8-25)11-12-39(30)22-38(27,39)14-13-37(28,5)34(23)29/h23-31,33-34H,7-22H2,1-6H3,(H,43,44)/t23-,24?,26?,27?,28?,29?,30?,31?,33?,34?,37?,38?,39?/m1/s1. The van der Waals surface area contributed by atoms with Crippen LogP contribution in [0.2, 0.25) is 0 Å². The van der Waals surface area contributed by atoms with Gasteiger partial charge in [-0.05, 0) is 142 Å². The molecule has 0 aromatic carbocycles. The van der Waals surface area contributed by atoms with Crippen molar-refractivity contribution in [2.45, 2.75) is 142 Å². The van der Waals surface area contributed by atoms with Gasteiger partial charge in [0.15, 0.2) is 6.29 Å². The monoisotopic (exact) mass is 654 g/mol. The van der Waals surface area contributed by atoms with Crippen molar-refractivity contribution in [3.05, 3.63) is 0 Å². The van der Waals surface area contributed by atoms with Gasteiger partial charge in [-0.3, -0.25) is 14.5 Å². The van der Waals surface area contributed by atoms with Gasteiger partial charge in [-0.1, -0.05) is 27.7 Å². The molecule has 8 nitrogen and oxygen atoms in total. The number of nitrogens with zero attached hydrogens (tertiary/aromatic N) is 2. The Kier molecular flexibility index (Phi) is 7.99. The summed E-state index contributed by atoms with van der Waals surface area (Å²) in [5, 5.41) is 9.54. The van der Waals surface area contributed by atoms with E-state index >= 15 is 0 Å². The van der Waals surface area contributed by atoms with E-state index in [-0.39, 0.29) is 29.8 Å². The zero-order chi connectivity index (χ0) is 33.1. The van der Waals surface area contributed by atoms with E-state index in [1.165, 1.54) is 57.8 Å². The van der Waals surface area contributed by atoms with Gasteiger partial charge >= 0.3 is 5.97 Å². The number of rotatable bonds is 8. The lowest BCUT2D eigenvalue weighted by atomic mass is 9.46. The van der Waals surface area contributed by atoms with Crippen LogP contribution in [0.5, 0.6) is 0 Å². The lowest BCUT2D eigenvalue weighted by Crippen LogP contribution is -2.56. The molecule has 1 N–H and O–H groups in total. The van der Waals surface area contributed by atoms with Crippen LogP contribution in [-0.2, 0) is 23.8 Å². The average molecular weight is 655 g/mol. The number of carboxylic acid groups (broad SMARTS) is 1. The van der Waals surface area contributed by atoms with Crippen molar-refractivity contribution in [3.8, 4) is 0 Å². The Morgan fingerprint density at radius 1 is 1.02 bits per heavy atom. The van der Waals surface area contributed by atoms with Gasteiger partial charge in [0.25, 0.3) is 0 Å². The van der Waals surface area contributed by atoms with E-state index < -0.39 is 12.0 Å². The average Bonchev–Trinajstić information content (AvgIpc) is 3.93. The Balaban J connectivity index is 0.942. The molecule has 8 heteroatoms. The number of hydrogen-bond acceptors (Lipinski definition) is 6. The Bertz CT molecular complexity index is 1250. The third-order valence-corrected chi connectivity index (χ3v) is 16.3. The Hall–Kier alpha value is -1.22. The molecule has 8 rings (SSSR count). The lowest BCUT2D eigenvalue weighted by Gasteiger charge is -2.60. The summed E-state index contributed by atoms with van der Waals surface area (Å²) in [5.74, 6) is 3.57. The van der Waals surface area contributed by atoms with Crippen LogP contribution in [-0.4, -0.2) is 90.7 Å². The highest BCUT2D eigenvalue weighted by Gasteiger charge is 2.81. The van der Waals surface area contributed by atoms with E-state index in [4.69, 9.17) is 14.2 Å². The molecule has 2 saturated heterocycles. The van der Waals surface area contributed by atoms with Crippen molar-refractivity contribution in [3.63, 3.8) is 0 Å². The van der Waals surface area contributed by atoms with Crippen LogP contribution in [0, 0.1) is 57.2 Å². The highest BCUT2D eigenvalue weighted by atomic mass is 16.7. The Morgan fingerprint density at radius 2 is 1.81 bits per heavy atom. The molecular formula is C39H62N2O6. The summed E-state index contributed by atoms with van der Waals surface area (Å²) in [6.45, 7) is 14.4. The van der Waals surface area contributed by atoms with E-state index in [1.807, 2.05) is 16.8 Å². The highest BCUT2D eigenvalue weighted by molar-refractivity contribution is 5.76. The van der Waals surface area contributed by atoms with Crippen LogP contribution in [0.1, 0.15) is 112 Å². The van der Waals surface area contributed by atoms with Crippen LogP contribution >= 0.6 is 0 Å². The zero-order valence-electron chi connectivity index (χ0n) is 30.0. The molecule has 264 valence electrons. The summed E-state index contributed by atoms with van der Waals surface area (Å²) in [5.41, 5.74) is 1.38. The molecule has 0 bridgehead atoms. The number of carbonyl (C=O) groups excluding carboxylic acids is 1. The zero-order valence-corrected chi connectivity index (χ0v) is 30.0. The van der Waals surface area contributed by atoms with Crippen molar-refractivity contribution in [2.24, 2.45) is 57.2 Å². The third-order valence-electron chi connectivity index (χ3n) is 16.3. The minimum absolute atomic E-state index is 0.0881. The fraction of sp³-hybridized carbons (Fsp3) is 0.949. The van der Waals surface area contributed by atoms with Gasteiger partial charge in [-0.2, -0.15) is 0 Å². The molecular weight excluding hydrogens is 592 g/mol. The lowest BCUT2D eigenvalue weighted by molar-refractivity contribution is -0.244. The molecule has 0 aromatic rings. The first kappa shape index (κ1) is 33.0. The minimum Gasteiger partial charge on any atom is -0.480 e. The van der Waals surface area contributed by atoms with Gasteiger partial charge in [-0.15, -0.1) is 0 Å². The summed E-state index contributed by atoms with van der Waals surface area (Å²) in [4.78, 5) is 28.5. The summed E-state index contributed by atoms with van der Waals surface area (Å²) < 4.78 is 19.9. The molecule has 12 unspecified atom stereocenters. The van der Waals surface area contributed by atoms with E-state index in [2.05, 4.69) is 27.7 Å². The van der Waals surface area contributed by atoms with Crippen molar-refractivity contribution >= 4 is 11.9 Å². The number of carboxylic acids is 1. The Labute approximate surface area is 283 Å². The summed E-state index contributed by atoms with van der Waals surface area (Å²) in [6, 6.07) is -0.493. The van der Waals surface area contributed by atoms with Gasteiger partial charge in [0.2, 0.25) is 5.91 Å². The number of amides is 1. The maximum Gasteiger partial charge on any atom is 0.320 e. The van der Waals surface area contributed by atoms with Gasteiger partial charge < -0.3 is 24.2 Å². The fourth-order valence-electron chi connectivity index (χ4n) is 13.7. The number of carbonyl (C=O) groups is 2. The van der Waals surface area contributed by atoms with E-state index in [1.54, 1.807) is 6.92 Å². The second kappa shape index (κ2) is 11.4. The second-order valence-electron chi connectivity index (χ2n) is 18.8. The minimum atomic E-state index is -0.763. The van der Waals surface area contributed by atoms with Crippen molar-refractivity contribution < 1.29 is 28.9 Å². The van der Waals surface area contributed by atoms with E-state index in [0.717, 1.165) is 24.7 Å². The molecule has 1 amide bonds. The molecule has 2 aliphatic heterocycles. The van der Waals surface area contributed by atoms with Crippen LogP contribution in [0.15, 0.2) is 0 Å². The van der Waals surface area contributed by atoms with Crippen LogP contribution in [0.3, 0.4) is 0 Å². The highest BCUT2D eigenvalue weighted by Crippen LogP contribution is 2.87. The molecule has 13 atom stereocenters. The first-order valence-electron chi connectivity index (χ1n) is 19.4. The number of aliphatic carboxylic acids is 1. The topological polar surface area (TPSA) is 88.5 Å².